The highest BCUT2D eigenvalue weighted by atomic mass is 32.1. The van der Waals surface area contributed by atoms with Crippen LogP contribution in [0.1, 0.15) is 50.8 Å². The van der Waals surface area contributed by atoms with E-state index in [1.165, 1.54) is 5.56 Å². The summed E-state index contributed by atoms with van der Waals surface area (Å²) < 4.78 is 2.07. The number of hydrogen-bond acceptors (Lipinski definition) is 4. The number of aromatic nitrogens is 2. The molecule has 0 bridgehead atoms. The molecule has 3 heterocycles. The predicted octanol–water partition coefficient (Wildman–Crippen LogP) is 5.28. The van der Waals surface area contributed by atoms with Crippen LogP contribution >= 0.6 is 11.3 Å². The highest BCUT2D eigenvalue weighted by Gasteiger charge is 2.26. The van der Waals surface area contributed by atoms with Crippen LogP contribution in [0, 0.1) is 6.92 Å². The van der Waals surface area contributed by atoms with Crippen molar-refractivity contribution in [2.75, 3.05) is 7.05 Å². The van der Waals surface area contributed by atoms with Crippen molar-refractivity contribution in [1.82, 2.24) is 14.5 Å². The molecule has 4 rings (SSSR count). The van der Waals surface area contributed by atoms with Crippen LogP contribution in [0.15, 0.2) is 83.1 Å². The van der Waals surface area contributed by atoms with Gasteiger partial charge in [-0.2, -0.15) is 0 Å². The third kappa shape index (κ3) is 5.18. The molecule has 1 aromatic carbocycles. The highest BCUT2D eigenvalue weighted by molar-refractivity contribution is 7.10. The number of nitrogens with zero attached hydrogens (tertiary/aromatic N) is 3. The average molecular weight is 472 g/mol. The summed E-state index contributed by atoms with van der Waals surface area (Å²) in [6.07, 6.45) is 3.08. The van der Waals surface area contributed by atoms with E-state index in [0.29, 0.717) is 13.0 Å². The van der Waals surface area contributed by atoms with Crippen LogP contribution in [0.5, 0.6) is 0 Å². The lowest BCUT2D eigenvalue weighted by molar-refractivity contribution is 0.0741. The molecule has 5 nitrogen and oxygen atoms in total. The molecule has 0 spiro atoms. The number of rotatable bonds is 8. The second-order valence-electron chi connectivity index (χ2n) is 8.47. The minimum Gasteiger partial charge on any atom is -0.342 e. The second-order valence-corrected chi connectivity index (χ2v) is 9.45. The van der Waals surface area contributed by atoms with Gasteiger partial charge in [-0.05, 0) is 55.8 Å². The number of thiophene rings is 1. The zero-order valence-corrected chi connectivity index (χ0v) is 20.6. The predicted molar refractivity (Wildman–Crippen MR) is 137 cm³/mol. The summed E-state index contributed by atoms with van der Waals surface area (Å²) in [4.78, 5) is 34.2. The van der Waals surface area contributed by atoms with Gasteiger partial charge in [0.1, 0.15) is 5.56 Å². The summed E-state index contributed by atoms with van der Waals surface area (Å²) in [7, 11) is 1.77. The van der Waals surface area contributed by atoms with Crippen LogP contribution in [0.3, 0.4) is 0 Å². The fourth-order valence-corrected chi connectivity index (χ4v) is 5.00. The number of amides is 1. The quantitative estimate of drug-likeness (QED) is 0.351. The third-order valence-electron chi connectivity index (χ3n) is 6.24. The maximum Gasteiger partial charge on any atom is 0.259 e. The number of hydrogen-bond donors (Lipinski definition) is 0. The molecule has 0 saturated heterocycles. The summed E-state index contributed by atoms with van der Waals surface area (Å²) in [6, 6.07) is 21.4. The molecule has 0 N–H and O–H groups in total. The van der Waals surface area contributed by atoms with Crippen LogP contribution in [-0.2, 0) is 19.4 Å². The number of benzene rings is 1. The standard InChI is InChI=1S/C28H29N3O2S/c1-20-18-25(32)27(28(33)30(3)21(2)26-13-9-17-34-26)24(15-14-22-10-5-4-6-11-22)31(20)19-23-12-7-8-16-29-23/h4-13,16-18,21H,14-15,19H2,1-3H3. The molecule has 174 valence electrons. The van der Waals surface area contributed by atoms with Gasteiger partial charge in [0.2, 0.25) is 0 Å². The van der Waals surface area contributed by atoms with E-state index in [1.54, 1.807) is 35.5 Å². The molecule has 0 saturated carbocycles. The van der Waals surface area contributed by atoms with Crippen LogP contribution in [0.2, 0.25) is 0 Å². The molecule has 34 heavy (non-hydrogen) atoms. The molecule has 0 aliphatic rings. The first-order valence-corrected chi connectivity index (χ1v) is 12.3. The summed E-state index contributed by atoms with van der Waals surface area (Å²) in [5.74, 6) is -0.247. The molecule has 0 radical (unpaired) electrons. The van der Waals surface area contributed by atoms with Crippen molar-refractivity contribution in [1.29, 1.82) is 0 Å². The third-order valence-corrected chi connectivity index (χ3v) is 7.28. The zero-order chi connectivity index (χ0) is 24.1. The van der Waals surface area contributed by atoms with Gasteiger partial charge < -0.3 is 9.47 Å². The van der Waals surface area contributed by atoms with Crippen LogP contribution < -0.4 is 5.43 Å². The highest BCUT2D eigenvalue weighted by Crippen LogP contribution is 2.25. The molecular weight excluding hydrogens is 442 g/mol. The molecule has 0 aliphatic carbocycles. The number of aryl methyl sites for hydroxylation is 2. The molecule has 1 atom stereocenters. The maximum absolute atomic E-state index is 13.8. The Morgan fingerprint density at radius 1 is 1.06 bits per heavy atom. The van der Waals surface area contributed by atoms with Gasteiger partial charge >= 0.3 is 0 Å². The molecule has 0 fully saturated rings. The van der Waals surface area contributed by atoms with E-state index in [2.05, 4.69) is 21.7 Å². The molecular formula is C28H29N3O2S. The van der Waals surface area contributed by atoms with Gasteiger partial charge in [-0.1, -0.05) is 42.5 Å². The Kier molecular flexibility index (Phi) is 7.38. The first-order valence-electron chi connectivity index (χ1n) is 11.4. The van der Waals surface area contributed by atoms with Crippen molar-refractivity contribution in [2.24, 2.45) is 0 Å². The molecule has 4 aromatic rings. The lowest BCUT2D eigenvalue weighted by atomic mass is 10.0. The minimum absolute atomic E-state index is 0.126. The number of pyridine rings is 2. The largest absolute Gasteiger partial charge is 0.342 e. The number of carbonyl (C=O) groups excluding carboxylic acids is 1. The van der Waals surface area contributed by atoms with Crippen molar-refractivity contribution in [3.05, 3.63) is 122 Å². The minimum atomic E-state index is -0.247. The Balaban J connectivity index is 1.77. The van der Waals surface area contributed by atoms with Gasteiger partial charge in [0, 0.05) is 35.6 Å². The maximum atomic E-state index is 13.8. The van der Waals surface area contributed by atoms with Gasteiger partial charge in [-0.3, -0.25) is 14.6 Å². The summed E-state index contributed by atoms with van der Waals surface area (Å²) in [5, 5.41) is 2.00. The monoisotopic (exact) mass is 471 g/mol. The Hall–Kier alpha value is -3.51. The molecule has 6 heteroatoms. The smallest absolute Gasteiger partial charge is 0.259 e. The molecule has 1 amide bonds. The van der Waals surface area contributed by atoms with Gasteiger partial charge in [-0.15, -0.1) is 11.3 Å². The van der Waals surface area contributed by atoms with Crippen molar-refractivity contribution < 1.29 is 4.79 Å². The van der Waals surface area contributed by atoms with Crippen LogP contribution in [-0.4, -0.2) is 27.4 Å². The van der Waals surface area contributed by atoms with Gasteiger partial charge in [0.05, 0.1) is 18.3 Å². The zero-order valence-electron chi connectivity index (χ0n) is 19.8. The van der Waals surface area contributed by atoms with Crippen molar-refractivity contribution >= 4 is 17.2 Å². The van der Waals surface area contributed by atoms with E-state index in [9.17, 15) is 9.59 Å². The molecule has 1 unspecified atom stereocenters. The fraction of sp³-hybridized carbons (Fsp3) is 0.250. The van der Waals surface area contributed by atoms with Gasteiger partial charge in [-0.25, -0.2) is 0 Å². The van der Waals surface area contributed by atoms with E-state index in [4.69, 9.17) is 0 Å². The van der Waals surface area contributed by atoms with E-state index in [0.717, 1.165) is 28.4 Å². The van der Waals surface area contributed by atoms with Crippen molar-refractivity contribution in [3.63, 3.8) is 0 Å². The average Bonchev–Trinajstić information content (AvgIpc) is 3.39. The Labute approximate surface area is 204 Å². The summed E-state index contributed by atoms with van der Waals surface area (Å²) in [5.41, 5.74) is 3.66. The van der Waals surface area contributed by atoms with E-state index >= 15 is 0 Å². The van der Waals surface area contributed by atoms with Crippen molar-refractivity contribution in [3.8, 4) is 0 Å². The number of carbonyl (C=O) groups is 1. The Bertz CT molecular complexity index is 1300. The van der Waals surface area contributed by atoms with Crippen molar-refractivity contribution in [2.45, 2.75) is 39.3 Å². The fourth-order valence-electron chi connectivity index (χ4n) is 4.17. The second kappa shape index (κ2) is 10.6. The van der Waals surface area contributed by atoms with Crippen LogP contribution in [0.25, 0.3) is 0 Å². The summed E-state index contributed by atoms with van der Waals surface area (Å²) in [6.45, 7) is 4.41. The SMILES string of the molecule is Cc1cc(=O)c(C(=O)N(C)C(C)c2cccs2)c(CCc2ccccc2)n1Cc1ccccn1. The first-order chi connectivity index (χ1) is 16.5. The van der Waals surface area contributed by atoms with E-state index in [-0.39, 0.29) is 22.9 Å². The first kappa shape index (κ1) is 23.6. The van der Waals surface area contributed by atoms with E-state index < -0.39 is 0 Å². The lowest BCUT2D eigenvalue weighted by Gasteiger charge is -2.27. The van der Waals surface area contributed by atoms with Gasteiger partial charge in [0.15, 0.2) is 5.43 Å². The normalized spacial score (nSPS) is 11.9. The van der Waals surface area contributed by atoms with Gasteiger partial charge in [0.25, 0.3) is 5.91 Å². The Morgan fingerprint density at radius 3 is 2.50 bits per heavy atom. The molecule has 0 aliphatic heterocycles. The Morgan fingerprint density at radius 2 is 1.82 bits per heavy atom. The van der Waals surface area contributed by atoms with E-state index in [1.807, 2.05) is 67.8 Å². The molecule has 3 aromatic heterocycles. The summed E-state index contributed by atoms with van der Waals surface area (Å²) >= 11 is 1.61. The lowest BCUT2D eigenvalue weighted by Crippen LogP contribution is -2.36. The topological polar surface area (TPSA) is 55.2 Å². The van der Waals surface area contributed by atoms with Crippen LogP contribution in [0.4, 0.5) is 0 Å².